The standard InChI is InChI=1S/C10H20N2O3/c1-15-9(6-11)10(14)12-7-4-2-3-5-8(7)13/h7-9,13H,2-6,11H2,1H3,(H,12,14)/t7-,8-,9?/m0/s1. The van der Waals surface area contributed by atoms with E-state index in [1.807, 2.05) is 0 Å². The van der Waals surface area contributed by atoms with Crippen molar-refractivity contribution in [3.05, 3.63) is 0 Å². The molecule has 1 unspecified atom stereocenters. The zero-order valence-electron chi connectivity index (χ0n) is 9.11. The van der Waals surface area contributed by atoms with Gasteiger partial charge in [0.25, 0.3) is 5.91 Å². The number of nitrogens with one attached hydrogen (secondary N) is 1. The third-order valence-corrected chi connectivity index (χ3v) is 2.85. The summed E-state index contributed by atoms with van der Waals surface area (Å²) in [6.07, 6.45) is 2.61. The predicted molar refractivity (Wildman–Crippen MR) is 56.3 cm³/mol. The Morgan fingerprint density at radius 1 is 1.60 bits per heavy atom. The van der Waals surface area contributed by atoms with Gasteiger partial charge in [-0.2, -0.15) is 0 Å². The fraction of sp³-hybridized carbons (Fsp3) is 0.900. The van der Waals surface area contributed by atoms with Crippen LogP contribution < -0.4 is 11.1 Å². The van der Waals surface area contributed by atoms with Crippen LogP contribution in [0.2, 0.25) is 0 Å². The van der Waals surface area contributed by atoms with Crippen LogP contribution in [0.1, 0.15) is 25.7 Å². The van der Waals surface area contributed by atoms with Gasteiger partial charge in [-0.15, -0.1) is 0 Å². The molecule has 0 aliphatic heterocycles. The molecule has 0 bridgehead atoms. The average Bonchev–Trinajstić information content (AvgIpc) is 2.23. The van der Waals surface area contributed by atoms with Gasteiger partial charge in [-0.3, -0.25) is 4.79 Å². The number of hydrogen-bond acceptors (Lipinski definition) is 4. The number of carbonyl (C=O) groups excluding carboxylic acids is 1. The fourth-order valence-electron chi connectivity index (χ4n) is 1.87. The van der Waals surface area contributed by atoms with Crippen LogP contribution in [0, 0.1) is 0 Å². The molecule has 0 aromatic heterocycles. The van der Waals surface area contributed by atoms with Crippen molar-refractivity contribution in [3.63, 3.8) is 0 Å². The number of rotatable bonds is 4. The Kier molecular flexibility index (Phi) is 5.01. The van der Waals surface area contributed by atoms with Crippen molar-refractivity contribution in [2.45, 2.75) is 43.9 Å². The van der Waals surface area contributed by atoms with Crippen molar-refractivity contribution in [2.75, 3.05) is 13.7 Å². The molecule has 1 aliphatic carbocycles. The predicted octanol–water partition coefficient (Wildman–Crippen LogP) is -0.620. The fourth-order valence-corrected chi connectivity index (χ4v) is 1.87. The minimum absolute atomic E-state index is 0.143. The number of nitrogens with two attached hydrogens (primary N) is 1. The Balaban J connectivity index is 2.41. The number of amides is 1. The first-order valence-electron chi connectivity index (χ1n) is 5.40. The van der Waals surface area contributed by atoms with Gasteiger partial charge in [-0.25, -0.2) is 0 Å². The van der Waals surface area contributed by atoms with Crippen LogP contribution in [0.5, 0.6) is 0 Å². The van der Waals surface area contributed by atoms with E-state index < -0.39 is 12.2 Å². The van der Waals surface area contributed by atoms with Crippen molar-refractivity contribution in [1.82, 2.24) is 5.32 Å². The van der Waals surface area contributed by atoms with Gasteiger partial charge in [0.2, 0.25) is 0 Å². The number of ether oxygens (including phenoxy) is 1. The molecule has 0 heterocycles. The Bertz CT molecular complexity index is 207. The monoisotopic (exact) mass is 216 g/mol. The minimum atomic E-state index is -0.612. The third-order valence-electron chi connectivity index (χ3n) is 2.85. The zero-order valence-corrected chi connectivity index (χ0v) is 9.11. The van der Waals surface area contributed by atoms with Crippen LogP contribution in [-0.2, 0) is 9.53 Å². The number of methoxy groups -OCH3 is 1. The highest BCUT2D eigenvalue weighted by atomic mass is 16.5. The van der Waals surface area contributed by atoms with E-state index in [1.165, 1.54) is 7.11 Å². The van der Waals surface area contributed by atoms with Crippen LogP contribution in [0.4, 0.5) is 0 Å². The molecule has 4 N–H and O–H groups in total. The van der Waals surface area contributed by atoms with Crippen LogP contribution >= 0.6 is 0 Å². The van der Waals surface area contributed by atoms with E-state index in [2.05, 4.69) is 5.32 Å². The van der Waals surface area contributed by atoms with Crippen molar-refractivity contribution in [3.8, 4) is 0 Å². The molecule has 5 heteroatoms. The summed E-state index contributed by atoms with van der Waals surface area (Å²) < 4.78 is 4.92. The van der Waals surface area contributed by atoms with Gasteiger partial charge in [-0.05, 0) is 12.8 Å². The van der Waals surface area contributed by atoms with Gasteiger partial charge in [0.15, 0.2) is 0 Å². The molecular weight excluding hydrogens is 196 g/mol. The molecular formula is C10H20N2O3. The SMILES string of the molecule is COC(CN)C(=O)N[C@H]1CCCC[C@@H]1O. The molecule has 1 aliphatic rings. The second-order valence-electron chi connectivity index (χ2n) is 3.93. The third kappa shape index (κ3) is 3.44. The maximum atomic E-state index is 11.6. The van der Waals surface area contributed by atoms with Crippen molar-refractivity contribution < 1.29 is 14.6 Å². The molecule has 3 atom stereocenters. The molecule has 15 heavy (non-hydrogen) atoms. The van der Waals surface area contributed by atoms with E-state index in [1.54, 1.807) is 0 Å². The summed E-state index contributed by atoms with van der Waals surface area (Å²) in [4.78, 5) is 11.6. The van der Waals surface area contributed by atoms with Gasteiger partial charge in [-0.1, -0.05) is 12.8 Å². The first-order valence-corrected chi connectivity index (χ1v) is 5.40. The lowest BCUT2D eigenvalue weighted by atomic mass is 9.92. The Hall–Kier alpha value is -0.650. The van der Waals surface area contributed by atoms with Crippen LogP contribution in [0.15, 0.2) is 0 Å². The van der Waals surface area contributed by atoms with Crippen molar-refractivity contribution >= 4 is 5.91 Å². The summed E-state index contributed by atoms with van der Waals surface area (Å²) in [6, 6.07) is -0.143. The maximum Gasteiger partial charge on any atom is 0.250 e. The minimum Gasteiger partial charge on any atom is -0.391 e. The molecule has 1 saturated carbocycles. The molecule has 5 nitrogen and oxygen atoms in total. The quantitative estimate of drug-likeness (QED) is 0.584. The molecule has 0 aromatic carbocycles. The Labute approximate surface area is 90.0 Å². The van der Waals surface area contributed by atoms with E-state index in [0.29, 0.717) is 0 Å². The highest BCUT2D eigenvalue weighted by Gasteiger charge is 2.26. The molecule has 1 rings (SSSR count). The lowest BCUT2D eigenvalue weighted by Gasteiger charge is -2.29. The number of hydrogen-bond donors (Lipinski definition) is 3. The Morgan fingerprint density at radius 2 is 2.27 bits per heavy atom. The van der Waals surface area contributed by atoms with Gasteiger partial charge in [0.1, 0.15) is 6.10 Å². The molecule has 1 amide bonds. The summed E-state index contributed by atoms with van der Waals surface area (Å²) in [5.74, 6) is -0.231. The van der Waals surface area contributed by atoms with E-state index in [9.17, 15) is 9.90 Å². The average molecular weight is 216 g/mol. The first kappa shape index (κ1) is 12.4. The smallest absolute Gasteiger partial charge is 0.250 e. The van der Waals surface area contributed by atoms with Crippen molar-refractivity contribution in [1.29, 1.82) is 0 Å². The van der Waals surface area contributed by atoms with Crippen LogP contribution in [0.25, 0.3) is 0 Å². The number of carbonyl (C=O) groups is 1. The molecule has 0 radical (unpaired) electrons. The highest BCUT2D eigenvalue weighted by molar-refractivity contribution is 5.81. The second-order valence-corrected chi connectivity index (χ2v) is 3.93. The van der Waals surface area contributed by atoms with E-state index in [0.717, 1.165) is 25.7 Å². The molecule has 88 valence electrons. The van der Waals surface area contributed by atoms with Gasteiger partial charge >= 0.3 is 0 Å². The summed E-state index contributed by atoms with van der Waals surface area (Å²) in [5.41, 5.74) is 5.38. The largest absolute Gasteiger partial charge is 0.391 e. The highest BCUT2D eigenvalue weighted by Crippen LogP contribution is 2.18. The van der Waals surface area contributed by atoms with E-state index in [-0.39, 0.29) is 18.5 Å². The molecule has 1 fully saturated rings. The summed E-state index contributed by atoms with van der Waals surface area (Å²) >= 11 is 0. The van der Waals surface area contributed by atoms with Gasteiger partial charge < -0.3 is 20.9 Å². The topological polar surface area (TPSA) is 84.6 Å². The second kappa shape index (κ2) is 6.05. The van der Waals surface area contributed by atoms with Crippen molar-refractivity contribution in [2.24, 2.45) is 5.73 Å². The van der Waals surface area contributed by atoms with Crippen LogP contribution in [0.3, 0.4) is 0 Å². The Morgan fingerprint density at radius 3 is 2.80 bits per heavy atom. The van der Waals surface area contributed by atoms with E-state index >= 15 is 0 Å². The summed E-state index contributed by atoms with van der Waals surface area (Å²) in [5, 5.41) is 12.4. The van der Waals surface area contributed by atoms with Gasteiger partial charge in [0.05, 0.1) is 12.1 Å². The summed E-state index contributed by atoms with van der Waals surface area (Å²) in [7, 11) is 1.45. The normalized spacial score (nSPS) is 28.5. The number of aliphatic hydroxyl groups excluding tert-OH is 1. The lowest BCUT2D eigenvalue weighted by Crippen LogP contribution is -2.50. The van der Waals surface area contributed by atoms with Crippen LogP contribution in [-0.4, -0.2) is 42.9 Å². The number of aliphatic hydroxyl groups is 1. The summed E-state index contributed by atoms with van der Waals surface area (Å²) in [6.45, 7) is 0.158. The van der Waals surface area contributed by atoms with Gasteiger partial charge in [0, 0.05) is 13.7 Å². The van der Waals surface area contributed by atoms with E-state index in [4.69, 9.17) is 10.5 Å². The first-order chi connectivity index (χ1) is 7.19. The molecule has 0 saturated heterocycles. The molecule has 0 aromatic rings. The zero-order chi connectivity index (χ0) is 11.3. The molecule has 0 spiro atoms. The lowest BCUT2D eigenvalue weighted by molar-refractivity contribution is -0.132. The maximum absolute atomic E-state index is 11.6.